The summed E-state index contributed by atoms with van der Waals surface area (Å²) in [7, 11) is 1.66. The van der Waals surface area contributed by atoms with Gasteiger partial charge in [-0.25, -0.2) is 9.13 Å². The number of aryl methyl sites for hydroxylation is 1. The van der Waals surface area contributed by atoms with Gasteiger partial charge in [-0.1, -0.05) is 12.7 Å². The number of aromatic carboxylic acids is 1. The van der Waals surface area contributed by atoms with Crippen LogP contribution in [0.3, 0.4) is 0 Å². The molecule has 64 valence electrons. The summed E-state index contributed by atoms with van der Waals surface area (Å²) in [5.74, 6) is -1.03. The molecule has 0 unspecified atom stereocenters. The maximum atomic E-state index is 10.6. The van der Waals surface area contributed by atoms with Crippen molar-refractivity contribution < 1.29 is 14.5 Å². The quantitative estimate of drug-likeness (QED) is 0.421. The van der Waals surface area contributed by atoms with Crippen LogP contribution in [0.4, 0.5) is 0 Å². The molecule has 0 bridgehead atoms. The van der Waals surface area contributed by atoms with Gasteiger partial charge in [0.2, 0.25) is 0 Å². The number of nitrogens with zero attached hydrogens (tertiary/aromatic N) is 2. The van der Waals surface area contributed by atoms with Crippen LogP contribution in [0.5, 0.6) is 0 Å². The summed E-state index contributed by atoms with van der Waals surface area (Å²) >= 11 is 0. The minimum absolute atomic E-state index is 0.148. The van der Waals surface area contributed by atoms with E-state index in [0.29, 0.717) is 6.54 Å². The number of carboxylic acids is 1. The van der Waals surface area contributed by atoms with E-state index in [0.717, 1.165) is 0 Å². The van der Waals surface area contributed by atoms with Gasteiger partial charge in [0, 0.05) is 0 Å². The normalized spacial score (nSPS) is 9.75. The van der Waals surface area contributed by atoms with Gasteiger partial charge >= 0.3 is 5.82 Å². The van der Waals surface area contributed by atoms with Crippen molar-refractivity contribution >= 4 is 5.97 Å². The lowest BCUT2D eigenvalue weighted by Gasteiger charge is -1.99. The first-order chi connectivity index (χ1) is 5.66. The van der Waals surface area contributed by atoms with Crippen LogP contribution in [0.15, 0.2) is 25.0 Å². The Bertz CT molecular complexity index is 315. The van der Waals surface area contributed by atoms with E-state index in [1.54, 1.807) is 30.1 Å². The summed E-state index contributed by atoms with van der Waals surface area (Å²) < 4.78 is 3.06. The second-order valence-electron chi connectivity index (χ2n) is 2.46. The minimum Gasteiger partial charge on any atom is -0.538 e. The van der Waals surface area contributed by atoms with E-state index < -0.39 is 5.97 Å². The molecular formula is C8H10N2O2. The average molecular weight is 166 g/mol. The highest BCUT2D eigenvalue weighted by Crippen LogP contribution is 1.89. The highest BCUT2D eigenvalue weighted by Gasteiger charge is 2.13. The summed E-state index contributed by atoms with van der Waals surface area (Å²) in [6, 6.07) is 0. The van der Waals surface area contributed by atoms with Gasteiger partial charge in [-0.15, -0.1) is 0 Å². The molecule has 0 aliphatic rings. The number of hydrogen-bond acceptors (Lipinski definition) is 2. The van der Waals surface area contributed by atoms with Crippen LogP contribution in [0.25, 0.3) is 0 Å². The maximum Gasteiger partial charge on any atom is 0.304 e. The topological polar surface area (TPSA) is 48.9 Å². The Morgan fingerprint density at radius 1 is 1.92 bits per heavy atom. The Hall–Kier alpha value is -1.58. The second kappa shape index (κ2) is 3.21. The van der Waals surface area contributed by atoms with Crippen LogP contribution >= 0.6 is 0 Å². The van der Waals surface area contributed by atoms with Gasteiger partial charge in [0.25, 0.3) is 0 Å². The summed E-state index contributed by atoms with van der Waals surface area (Å²) in [5.41, 5.74) is 0. The van der Waals surface area contributed by atoms with Crippen molar-refractivity contribution in [2.24, 2.45) is 7.05 Å². The Morgan fingerprint density at radius 2 is 2.58 bits per heavy atom. The van der Waals surface area contributed by atoms with Crippen molar-refractivity contribution in [1.82, 2.24) is 4.57 Å². The number of carbonyl (C=O) groups excluding carboxylic acids is 1. The molecule has 1 heterocycles. The number of imidazole rings is 1. The lowest BCUT2D eigenvalue weighted by Crippen LogP contribution is -2.43. The second-order valence-corrected chi connectivity index (χ2v) is 2.46. The SMILES string of the molecule is C=CC[n+]1ccn(C)c1C(=O)[O-]. The molecule has 4 nitrogen and oxygen atoms in total. The molecular weight excluding hydrogens is 156 g/mol. The number of rotatable bonds is 3. The van der Waals surface area contributed by atoms with Crippen molar-refractivity contribution in [2.45, 2.75) is 6.54 Å². The molecule has 12 heavy (non-hydrogen) atoms. The molecule has 0 amide bonds. The molecule has 4 heteroatoms. The van der Waals surface area contributed by atoms with Crippen LogP contribution in [-0.4, -0.2) is 10.5 Å². The smallest absolute Gasteiger partial charge is 0.304 e. The Labute approximate surface area is 70.4 Å². The van der Waals surface area contributed by atoms with Gasteiger partial charge in [0.15, 0.2) is 5.97 Å². The van der Waals surface area contributed by atoms with Crippen LogP contribution in [0, 0.1) is 0 Å². The fourth-order valence-corrected chi connectivity index (χ4v) is 1.07. The van der Waals surface area contributed by atoms with Crippen LogP contribution in [-0.2, 0) is 13.6 Å². The largest absolute Gasteiger partial charge is 0.538 e. The highest BCUT2D eigenvalue weighted by molar-refractivity contribution is 5.79. The number of carboxylic acid groups (broad SMARTS) is 1. The van der Waals surface area contributed by atoms with Gasteiger partial charge in [-0.2, -0.15) is 0 Å². The van der Waals surface area contributed by atoms with Crippen molar-refractivity contribution in [3.8, 4) is 0 Å². The Balaban J connectivity index is 3.11. The molecule has 1 aromatic heterocycles. The fraction of sp³-hybridized carbons (Fsp3) is 0.250. The van der Waals surface area contributed by atoms with Crippen molar-refractivity contribution in [2.75, 3.05) is 0 Å². The molecule has 0 atom stereocenters. The third-order valence-corrected chi connectivity index (χ3v) is 1.58. The third-order valence-electron chi connectivity index (χ3n) is 1.58. The van der Waals surface area contributed by atoms with Crippen LogP contribution in [0.2, 0.25) is 0 Å². The molecule has 1 rings (SSSR count). The molecule has 0 aliphatic heterocycles. The maximum absolute atomic E-state index is 10.6. The zero-order valence-corrected chi connectivity index (χ0v) is 6.86. The molecule has 0 aliphatic carbocycles. The standard InChI is InChI=1S/C8H10N2O2/c1-3-4-10-6-5-9(2)7(10)8(11)12/h3,5-6H,1,4H2,2H3. The summed E-state index contributed by atoms with van der Waals surface area (Å²) in [6.07, 6.45) is 4.97. The highest BCUT2D eigenvalue weighted by atomic mass is 16.4. The van der Waals surface area contributed by atoms with Gasteiger partial charge in [0.1, 0.15) is 18.9 Å². The Kier molecular flexibility index (Phi) is 2.28. The average Bonchev–Trinajstić information content (AvgIpc) is 2.32. The van der Waals surface area contributed by atoms with Gasteiger partial charge in [-0.3, -0.25) is 0 Å². The Morgan fingerprint density at radius 3 is 3.08 bits per heavy atom. The van der Waals surface area contributed by atoms with Crippen LogP contribution in [0.1, 0.15) is 10.6 Å². The molecule has 0 saturated carbocycles. The minimum atomic E-state index is -1.18. The first-order valence-corrected chi connectivity index (χ1v) is 3.54. The molecule has 0 spiro atoms. The summed E-state index contributed by atoms with van der Waals surface area (Å²) in [6.45, 7) is 4.00. The molecule has 0 radical (unpaired) electrons. The van der Waals surface area contributed by atoms with E-state index in [1.807, 2.05) is 0 Å². The lowest BCUT2D eigenvalue weighted by atomic mass is 10.5. The third kappa shape index (κ3) is 1.37. The predicted molar refractivity (Wildman–Crippen MR) is 40.1 cm³/mol. The van der Waals surface area contributed by atoms with Gasteiger partial charge in [0.05, 0.1) is 7.05 Å². The molecule has 1 aromatic rings. The van der Waals surface area contributed by atoms with Gasteiger partial charge in [-0.05, 0) is 0 Å². The fourth-order valence-electron chi connectivity index (χ4n) is 1.07. The number of carbonyl (C=O) groups is 1. The predicted octanol–water partition coefficient (Wildman–Crippen LogP) is -1.14. The molecule has 0 fully saturated rings. The molecule has 0 N–H and O–H groups in total. The monoisotopic (exact) mass is 166 g/mol. The summed E-state index contributed by atoms with van der Waals surface area (Å²) in [5, 5.41) is 10.6. The van der Waals surface area contributed by atoms with Crippen molar-refractivity contribution in [1.29, 1.82) is 0 Å². The first kappa shape index (κ1) is 8.52. The van der Waals surface area contributed by atoms with E-state index in [1.165, 1.54) is 4.57 Å². The van der Waals surface area contributed by atoms with E-state index in [2.05, 4.69) is 6.58 Å². The first-order valence-electron chi connectivity index (χ1n) is 3.54. The number of hydrogen-bond donors (Lipinski definition) is 0. The van der Waals surface area contributed by atoms with E-state index in [9.17, 15) is 9.90 Å². The van der Waals surface area contributed by atoms with E-state index in [-0.39, 0.29) is 5.82 Å². The van der Waals surface area contributed by atoms with Gasteiger partial charge < -0.3 is 9.90 Å². The van der Waals surface area contributed by atoms with Crippen molar-refractivity contribution in [3.05, 3.63) is 30.9 Å². The van der Waals surface area contributed by atoms with Crippen molar-refractivity contribution in [3.63, 3.8) is 0 Å². The van der Waals surface area contributed by atoms with Crippen LogP contribution < -0.4 is 9.67 Å². The zero-order chi connectivity index (χ0) is 9.14. The van der Waals surface area contributed by atoms with E-state index >= 15 is 0 Å². The zero-order valence-electron chi connectivity index (χ0n) is 6.86. The van der Waals surface area contributed by atoms with E-state index in [4.69, 9.17) is 0 Å². The lowest BCUT2D eigenvalue weighted by molar-refractivity contribution is -0.690. The molecule has 0 aromatic carbocycles. The molecule has 0 saturated heterocycles. The number of allylic oxidation sites excluding steroid dienone is 1. The number of aromatic nitrogens is 2. The summed E-state index contributed by atoms with van der Waals surface area (Å²) in [4.78, 5) is 10.6.